The normalized spacial score (nSPS) is 10.5. The molecule has 0 aliphatic carbocycles. The van der Waals surface area contributed by atoms with Crippen molar-refractivity contribution in [1.82, 2.24) is 14.8 Å². The lowest BCUT2D eigenvalue weighted by atomic mass is 10.2. The topological polar surface area (TPSA) is 114 Å². The van der Waals surface area contributed by atoms with Crippen molar-refractivity contribution < 1.29 is 9.90 Å². The van der Waals surface area contributed by atoms with Gasteiger partial charge in [0.2, 0.25) is 0 Å². The number of carboxylic acids is 1. The summed E-state index contributed by atoms with van der Waals surface area (Å²) in [6.45, 7) is 0. The van der Waals surface area contributed by atoms with Gasteiger partial charge in [-0.15, -0.1) is 5.10 Å². The summed E-state index contributed by atoms with van der Waals surface area (Å²) in [4.78, 5) is 22.6. The number of aromatic nitrogens is 3. The van der Waals surface area contributed by atoms with Crippen LogP contribution in [-0.2, 0) is 7.05 Å². The highest BCUT2D eigenvalue weighted by Crippen LogP contribution is 2.30. The highest BCUT2D eigenvalue weighted by Gasteiger charge is 2.11. The van der Waals surface area contributed by atoms with Crippen molar-refractivity contribution >= 4 is 23.4 Å². The predicted octanol–water partition coefficient (Wildman–Crippen LogP) is 0.540. The first-order chi connectivity index (χ1) is 8.49. The molecule has 4 N–H and O–H groups in total. The summed E-state index contributed by atoms with van der Waals surface area (Å²) in [5.74, 6) is -1.03. The Balaban J connectivity index is 2.39. The Labute approximate surface area is 106 Å². The fourth-order valence-corrected chi connectivity index (χ4v) is 2.16. The van der Waals surface area contributed by atoms with Gasteiger partial charge < -0.3 is 10.8 Å². The second kappa shape index (κ2) is 4.57. The smallest absolute Gasteiger partial charge is 0.343 e. The molecule has 0 saturated carbocycles. The first-order valence-corrected chi connectivity index (χ1v) is 5.72. The van der Waals surface area contributed by atoms with Crippen LogP contribution in [0.1, 0.15) is 10.4 Å². The van der Waals surface area contributed by atoms with Crippen LogP contribution in [0.2, 0.25) is 0 Å². The van der Waals surface area contributed by atoms with Gasteiger partial charge in [-0.1, -0.05) is 0 Å². The second-order valence-electron chi connectivity index (χ2n) is 3.53. The molecule has 0 unspecified atom stereocenters. The standard InChI is InChI=1S/C10H10N4O3S/c1-14-9(17)12-13-10(14)18-7-4-5(8(15)16)2-3-6(7)11/h2-4H,11H2,1H3,(H,12,17)(H,15,16). The quantitative estimate of drug-likeness (QED) is 0.699. The Morgan fingerprint density at radius 3 is 2.83 bits per heavy atom. The molecule has 7 nitrogen and oxygen atoms in total. The van der Waals surface area contributed by atoms with Crippen LogP contribution in [0.15, 0.2) is 33.0 Å². The van der Waals surface area contributed by atoms with E-state index in [1.54, 1.807) is 7.05 Å². The van der Waals surface area contributed by atoms with E-state index in [9.17, 15) is 9.59 Å². The lowest BCUT2D eigenvalue weighted by molar-refractivity contribution is 0.0696. The number of aromatic carboxylic acids is 1. The van der Waals surface area contributed by atoms with Crippen molar-refractivity contribution in [3.63, 3.8) is 0 Å². The third-order valence-electron chi connectivity index (χ3n) is 2.30. The van der Waals surface area contributed by atoms with Crippen molar-refractivity contribution in [2.45, 2.75) is 10.1 Å². The number of hydrogen-bond acceptors (Lipinski definition) is 5. The van der Waals surface area contributed by atoms with E-state index < -0.39 is 5.97 Å². The Kier molecular flexibility index (Phi) is 3.11. The summed E-state index contributed by atoms with van der Waals surface area (Å²) in [6, 6.07) is 4.38. The summed E-state index contributed by atoms with van der Waals surface area (Å²) in [5.41, 5.74) is 5.98. The molecule has 94 valence electrons. The molecule has 0 bridgehead atoms. The highest BCUT2D eigenvalue weighted by molar-refractivity contribution is 7.99. The first kappa shape index (κ1) is 12.2. The van der Waals surface area contributed by atoms with Gasteiger partial charge in [-0.2, -0.15) is 0 Å². The number of nitrogens with two attached hydrogens (primary N) is 1. The molecule has 0 fully saturated rings. The number of nitrogens with zero attached hydrogens (tertiary/aromatic N) is 2. The van der Waals surface area contributed by atoms with Crippen LogP contribution in [0, 0.1) is 0 Å². The van der Waals surface area contributed by atoms with E-state index in [2.05, 4.69) is 10.2 Å². The maximum Gasteiger partial charge on any atom is 0.343 e. The molecule has 2 aromatic rings. The van der Waals surface area contributed by atoms with Crippen LogP contribution in [0.25, 0.3) is 0 Å². The molecule has 1 heterocycles. The van der Waals surface area contributed by atoms with E-state index in [1.807, 2.05) is 0 Å². The van der Waals surface area contributed by atoms with E-state index in [4.69, 9.17) is 10.8 Å². The Morgan fingerprint density at radius 1 is 1.56 bits per heavy atom. The first-order valence-electron chi connectivity index (χ1n) is 4.91. The van der Waals surface area contributed by atoms with Crippen molar-refractivity contribution in [2.24, 2.45) is 7.05 Å². The van der Waals surface area contributed by atoms with Crippen molar-refractivity contribution in [1.29, 1.82) is 0 Å². The zero-order chi connectivity index (χ0) is 13.3. The van der Waals surface area contributed by atoms with Gasteiger partial charge in [0.1, 0.15) is 0 Å². The molecule has 0 atom stereocenters. The molecule has 0 radical (unpaired) electrons. The van der Waals surface area contributed by atoms with Gasteiger partial charge in [0.15, 0.2) is 5.16 Å². The van der Waals surface area contributed by atoms with E-state index >= 15 is 0 Å². The number of carbonyl (C=O) groups is 1. The van der Waals surface area contributed by atoms with Crippen molar-refractivity contribution in [3.05, 3.63) is 34.2 Å². The van der Waals surface area contributed by atoms with Gasteiger partial charge in [-0.25, -0.2) is 14.7 Å². The van der Waals surface area contributed by atoms with Crippen LogP contribution in [0.5, 0.6) is 0 Å². The minimum absolute atomic E-state index is 0.132. The number of rotatable bonds is 3. The third-order valence-corrected chi connectivity index (χ3v) is 3.42. The largest absolute Gasteiger partial charge is 0.478 e. The molecule has 1 aromatic carbocycles. The summed E-state index contributed by atoms with van der Waals surface area (Å²) in [7, 11) is 1.56. The zero-order valence-electron chi connectivity index (χ0n) is 9.38. The van der Waals surface area contributed by atoms with Crippen LogP contribution in [0.4, 0.5) is 5.69 Å². The number of carboxylic acid groups (broad SMARTS) is 1. The van der Waals surface area contributed by atoms with Crippen molar-refractivity contribution in [2.75, 3.05) is 5.73 Å². The van der Waals surface area contributed by atoms with Gasteiger partial charge in [0.05, 0.1) is 5.56 Å². The van der Waals surface area contributed by atoms with Gasteiger partial charge in [0.25, 0.3) is 0 Å². The van der Waals surface area contributed by atoms with Gasteiger partial charge >= 0.3 is 11.7 Å². The molecular weight excluding hydrogens is 256 g/mol. The molecule has 2 rings (SSSR count). The number of anilines is 1. The summed E-state index contributed by atoms with van der Waals surface area (Å²) in [5, 5.41) is 15.4. The monoisotopic (exact) mass is 266 g/mol. The van der Waals surface area contributed by atoms with Crippen LogP contribution < -0.4 is 11.4 Å². The number of nitrogens with one attached hydrogen (secondary N) is 1. The van der Waals surface area contributed by atoms with Gasteiger partial charge in [-0.05, 0) is 30.0 Å². The summed E-state index contributed by atoms with van der Waals surface area (Å²) < 4.78 is 1.32. The van der Waals surface area contributed by atoms with Crippen LogP contribution in [0.3, 0.4) is 0 Å². The molecule has 0 saturated heterocycles. The average molecular weight is 266 g/mol. The van der Waals surface area contributed by atoms with Gasteiger partial charge in [0, 0.05) is 17.6 Å². The number of hydrogen-bond donors (Lipinski definition) is 3. The molecule has 0 aliphatic rings. The van der Waals surface area contributed by atoms with Gasteiger partial charge in [-0.3, -0.25) is 4.57 Å². The van der Waals surface area contributed by atoms with Crippen LogP contribution in [-0.4, -0.2) is 25.8 Å². The molecule has 0 aliphatic heterocycles. The molecule has 18 heavy (non-hydrogen) atoms. The SMILES string of the molecule is Cn1c(Sc2cc(C(=O)O)ccc2N)n[nH]c1=O. The molecule has 0 spiro atoms. The van der Waals surface area contributed by atoms with E-state index in [1.165, 1.54) is 22.8 Å². The molecule has 0 amide bonds. The maximum atomic E-state index is 11.2. The number of aromatic amines is 1. The lowest BCUT2D eigenvalue weighted by Crippen LogP contribution is -2.12. The Hall–Kier alpha value is -2.22. The summed E-state index contributed by atoms with van der Waals surface area (Å²) in [6.07, 6.45) is 0. The molecular formula is C10H10N4O3S. The lowest BCUT2D eigenvalue weighted by Gasteiger charge is -2.05. The average Bonchev–Trinajstić information content (AvgIpc) is 2.63. The third kappa shape index (κ3) is 2.23. The number of benzene rings is 1. The van der Waals surface area contributed by atoms with Crippen LogP contribution >= 0.6 is 11.8 Å². The van der Waals surface area contributed by atoms with E-state index in [0.717, 1.165) is 11.8 Å². The van der Waals surface area contributed by atoms with Crippen molar-refractivity contribution in [3.8, 4) is 0 Å². The number of nitrogen functional groups attached to an aromatic ring is 1. The van der Waals surface area contributed by atoms with E-state index in [0.29, 0.717) is 15.7 Å². The fraction of sp³-hybridized carbons (Fsp3) is 0.100. The maximum absolute atomic E-state index is 11.2. The second-order valence-corrected chi connectivity index (χ2v) is 4.54. The minimum Gasteiger partial charge on any atom is -0.478 e. The highest BCUT2D eigenvalue weighted by atomic mass is 32.2. The Morgan fingerprint density at radius 2 is 2.28 bits per heavy atom. The zero-order valence-corrected chi connectivity index (χ0v) is 10.2. The summed E-state index contributed by atoms with van der Waals surface area (Å²) >= 11 is 1.13. The molecule has 1 aromatic heterocycles. The fourth-order valence-electron chi connectivity index (χ4n) is 1.28. The number of H-pyrrole nitrogens is 1. The predicted molar refractivity (Wildman–Crippen MR) is 65.8 cm³/mol. The Bertz CT molecular complexity index is 661. The van der Waals surface area contributed by atoms with E-state index in [-0.39, 0.29) is 11.3 Å². The minimum atomic E-state index is -1.03. The molecule has 8 heteroatoms.